The molecule has 5 nitrogen and oxygen atoms in total. The molecule has 0 radical (unpaired) electrons. The SMILES string of the molecule is N#Cc1cc(F)c2c(ccn2-c2ccc(OC3CCNCC3)cn2)c1. The number of halogens is 1. The molecule has 126 valence electrons. The molecule has 0 aliphatic carbocycles. The largest absolute Gasteiger partial charge is 0.489 e. The lowest BCUT2D eigenvalue weighted by Gasteiger charge is -2.23. The van der Waals surface area contributed by atoms with Gasteiger partial charge < -0.3 is 10.1 Å². The normalized spacial score (nSPS) is 15.2. The van der Waals surface area contributed by atoms with Gasteiger partial charge >= 0.3 is 0 Å². The van der Waals surface area contributed by atoms with Crippen molar-refractivity contribution in [3.05, 3.63) is 54.1 Å². The Hall–Kier alpha value is -2.91. The fourth-order valence-electron chi connectivity index (χ4n) is 3.18. The zero-order chi connectivity index (χ0) is 17.2. The van der Waals surface area contributed by atoms with Gasteiger partial charge in [-0.1, -0.05) is 0 Å². The lowest BCUT2D eigenvalue weighted by Crippen LogP contribution is -2.34. The van der Waals surface area contributed by atoms with Crippen molar-refractivity contribution in [2.24, 2.45) is 0 Å². The Labute approximate surface area is 144 Å². The zero-order valence-electron chi connectivity index (χ0n) is 13.6. The van der Waals surface area contributed by atoms with E-state index in [1.807, 2.05) is 18.2 Å². The molecule has 2 aromatic heterocycles. The van der Waals surface area contributed by atoms with Crippen LogP contribution in [0.5, 0.6) is 5.75 Å². The maximum absolute atomic E-state index is 14.4. The number of aromatic nitrogens is 2. The summed E-state index contributed by atoms with van der Waals surface area (Å²) in [5.41, 5.74) is 0.722. The smallest absolute Gasteiger partial charge is 0.149 e. The quantitative estimate of drug-likeness (QED) is 0.798. The Kier molecular flexibility index (Phi) is 4.08. The van der Waals surface area contributed by atoms with Crippen molar-refractivity contribution >= 4 is 10.9 Å². The average molecular weight is 336 g/mol. The lowest BCUT2D eigenvalue weighted by atomic mass is 10.1. The summed E-state index contributed by atoms with van der Waals surface area (Å²) in [5, 5.41) is 12.9. The van der Waals surface area contributed by atoms with Crippen LogP contribution < -0.4 is 10.1 Å². The van der Waals surface area contributed by atoms with Crippen LogP contribution in [0.3, 0.4) is 0 Å². The Morgan fingerprint density at radius 1 is 1.24 bits per heavy atom. The second kappa shape index (κ2) is 6.54. The van der Waals surface area contributed by atoms with Crippen molar-refractivity contribution in [3.8, 4) is 17.6 Å². The molecule has 1 N–H and O–H groups in total. The van der Waals surface area contributed by atoms with E-state index in [-0.39, 0.29) is 6.10 Å². The van der Waals surface area contributed by atoms with Crippen LogP contribution in [0.4, 0.5) is 4.39 Å². The van der Waals surface area contributed by atoms with Gasteiger partial charge in [0, 0.05) is 11.6 Å². The molecule has 0 atom stereocenters. The number of pyridine rings is 1. The highest BCUT2D eigenvalue weighted by Gasteiger charge is 2.15. The molecule has 3 heterocycles. The molecular formula is C19H17FN4O. The number of fused-ring (bicyclic) bond motifs is 1. The predicted octanol–water partition coefficient (Wildman–Crippen LogP) is 3.17. The standard InChI is InChI=1S/C19H17FN4O/c20-17-10-13(11-21)9-14-5-8-24(19(14)17)18-2-1-16(12-23-18)25-15-3-6-22-7-4-15/h1-2,5,8-10,12,15,22H,3-4,6-7H2. The summed E-state index contributed by atoms with van der Waals surface area (Å²) in [5.74, 6) is 0.895. The van der Waals surface area contributed by atoms with Gasteiger partial charge in [-0.15, -0.1) is 0 Å². The summed E-state index contributed by atoms with van der Waals surface area (Å²) in [6.45, 7) is 1.94. The number of nitrogens with one attached hydrogen (secondary N) is 1. The van der Waals surface area contributed by atoms with Gasteiger partial charge in [-0.2, -0.15) is 5.26 Å². The van der Waals surface area contributed by atoms with E-state index in [0.29, 0.717) is 22.3 Å². The van der Waals surface area contributed by atoms with Gasteiger partial charge in [0.25, 0.3) is 0 Å². The minimum Gasteiger partial charge on any atom is -0.489 e. The number of piperidine rings is 1. The number of hydrogen-bond donors (Lipinski definition) is 1. The molecule has 4 rings (SSSR count). The summed E-state index contributed by atoms with van der Waals surface area (Å²) in [7, 11) is 0. The van der Waals surface area contributed by atoms with Crippen LogP contribution >= 0.6 is 0 Å². The van der Waals surface area contributed by atoms with E-state index < -0.39 is 5.82 Å². The van der Waals surface area contributed by atoms with E-state index >= 15 is 0 Å². The Morgan fingerprint density at radius 3 is 2.80 bits per heavy atom. The number of nitriles is 1. The number of benzene rings is 1. The monoisotopic (exact) mass is 336 g/mol. The zero-order valence-corrected chi connectivity index (χ0v) is 13.6. The Balaban J connectivity index is 1.62. The fraction of sp³-hybridized carbons (Fsp3) is 0.263. The van der Waals surface area contributed by atoms with E-state index in [1.54, 1.807) is 29.1 Å². The predicted molar refractivity (Wildman–Crippen MR) is 92.3 cm³/mol. The van der Waals surface area contributed by atoms with Crippen molar-refractivity contribution in [1.82, 2.24) is 14.9 Å². The number of hydrogen-bond acceptors (Lipinski definition) is 4. The molecule has 25 heavy (non-hydrogen) atoms. The van der Waals surface area contributed by atoms with Gasteiger partial charge in [0.15, 0.2) is 0 Å². The summed E-state index contributed by atoms with van der Waals surface area (Å²) in [4.78, 5) is 4.41. The van der Waals surface area contributed by atoms with Crippen molar-refractivity contribution < 1.29 is 9.13 Å². The number of nitrogens with zero attached hydrogens (tertiary/aromatic N) is 3. The van der Waals surface area contributed by atoms with Crippen LogP contribution in [0.15, 0.2) is 42.7 Å². The summed E-state index contributed by atoms with van der Waals surface area (Å²) in [6, 6.07) is 10.3. The van der Waals surface area contributed by atoms with Gasteiger partial charge in [0.05, 0.1) is 23.3 Å². The first-order valence-corrected chi connectivity index (χ1v) is 8.29. The van der Waals surface area contributed by atoms with Crippen LogP contribution in [-0.4, -0.2) is 28.7 Å². The van der Waals surface area contributed by atoms with E-state index in [0.717, 1.165) is 31.7 Å². The third kappa shape index (κ3) is 3.06. The molecule has 1 aliphatic rings. The van der Waals surface area contributed by atoms with Gasteiger partial charge in [0.1, 0.15) is 23.5 Å². The maximum Gasteiger partial charge on any atom is 0.149 e. The van der Waals surface area contributed by atoms with Crippen LogP contribution in [0, 0.1) is 17.1 Å². The average Bonchev–Trinajstić information content (AvgIpc) is 3.08. The van der Waals surface area contributed by atoms with Crippen LogP contribution in [0.2, 0.25) is 0 Å². The molecule has 0 saturated carbocycles. The third-order valence-electron chi connectivity index (χ3n) is 4.42. The molecule has 0 bridgehead atoms. The molecule has 0 amide bonds. The van der Waals surface area contributed by atoms with Gasteiger partial charge in [-0.25, -0.2) is 9.37 Å². The second-order valence-corrected chi connectivity index (χ2v) is 6.11. The highest BCUT2D eigenvalue weighted by molar-refractivity contribution is 5.83. The van der Waals surface area contributed by atoms with E-state index in [2.05, 4.69) is 10.3 Å². The van der Waals surface area contributed by atoms with Crippen molar-refractivity contribution in [2.45, 2.75) is 18.9 Å². The molecule has 1 fully saturated rings. The van der Waals surface area contributed by atoms with E-state index in [1.165, 1.54) is 6.07 Å². The fourth-order valence-corrected chi connectivity index (χ4v) is 3.18. The molecular weight excluding hydrogens is 319 g/mol. The molecule has 1 aliphatic heterocycles. The summed E-state index contributed by atoms with van der Waals surface area (Å²) < 4.78 is 22.0. The number of ether oxygens (including phenoxy) is 1. The van der Waals surface area contributed by atoms with E-state index in [9.17, 15) is 4.39 Å². The van der Waals surface area contributed by atoms with E-state index in [4.69, 9.17) is 10.00 Å². The van der Waals surface area contributed by atoms with Crippen molar-refractivity contribution in [2.75, 3.05) is 13.1 Å². The minimum absolute atomic E-state index is 0.211. The highest BCUT2D eigenvalue weighted by atomic mass is 19.1. The lowest BCUT2D eigenvalue weighted by molar-refractivity contribution is 0.162. The molecule has 1 aromatic carbocycles. The molecule has 6 heteroatoms. The van der Waals surface area contributed by atoms with Gasteiger partial charge in [0.2, 0.25) is 0 Å². The first-order valence-electron chi connectivity index (χ1n) is 8.29. The first-order chi connectivity index (χ1) is 12.2. The molecule has 3 aromatic rings. The second-order valence-electron chi connectivity index (χ2n) is 6.11. The van der Waals surface area contributed by atoms with Crippen molar-refractivity contribution in [1.29, 1.82) is 5.26 Å². The minimum atomic E-state index is -0.434. The van der Waals surface area contributed by atoms with Crippen LogP contribution in [0.25, 0.3) is 16.7 Å². The Morgan fingerprint density at radius 2 is 2.08 bits per heavy atom. The maximum atomic E-state index is 14.4. The first kappa shape index (κ1) is 15.6. The Bertz CT molecular complexity index is 936. The molecule has 0 unspecified atom stereocenters. The van der Waals surface area contributed by atoms with Crippen LogP contribution in [-0.2, 0) is 0 Å². The summed E-state index contributed by atoms with van der Waals surface area (Å²) >= 11 is 0. The third-order valence-corrected chi connectivity index (χ3v) is 4.42. The molecule has 1 saturated heterocycles. The van der Waals surface area contributed by atoms with Crippen molar-refractivity contribution in [3.63, 3.8) is 0 Å². The van der Waals surface area contributed by atoms with Gasteiger partial charge in [-0.05, 0) is 56.3 Å². The number of rotatable bonds is 3. The molecule has 0 spiro atoms. The summed E-state index contributed by atoms with van der Waals surface area (Å²) in [6.07, 6.45) is 5.60. The van der Waals surface area contributed by atoms with Gasteiger partial charge in [-0.3, -0.25) is 4.57 Å². The topological polar surface area (TPSA) is 62.9 Å². The van der Waals surface area contributed by atoms with Crippen LogP contribution in [0.1, 0.15) is 18.4 Å². The highest BCUT2D eigenvalue weighted by Crippen LogP contribution is 2.25.